The fraction of sp³-hybridized carbons (Fsp3) is 0.318. The van der Waals surface area contributed by atoms with E-state index < -0.39 is 12.4 Å². The molecule has 0 saturated carbocycles. The van der Waals surface area contributed by atoms with Crippen LogP contribution in [0.4, 0.5) is 13.2 Å². The van der Waals surface area contributed by atoms with Crippen molar-refractivity contribution in [2.45, 2.75) is 19.5 Å². The standard InChI is InChI=1S/C22H27ClF3N3O3/c1-3-16(15(2)28-11-8-17(27)9-12-31-22(25)26)5-4-10-29-21(30)14-32-18-6-7-19(23)20(24)13-18/h3,6-9,12-13,16,22,28H,1-2,4-5,10-11,14,27H2,(H,29,30)/b12-9+,17-8-. The van der Waals surface area contributed by atoms with Crippen LogP contribution in [0.1, 0.15) is 12.8 Å². The molecule has 1 aromatic rings. The number of halogens is 4. The number of ether oxygens (including phenoxy) is 2. The Morgan fingerprint density at radius 3 is 2.72 bits per heavy atom. The number of hydrogen-bond donors (Lipinski definition) is 3. The minimum atomic E-state index is -2.89. The number of amides is 1. The minimum Gasteiger partial charge on any atom is -0.484 e. The van der Waals surface area contributed by atoms with E-state index >= 15 is 0 Å². The van der Waals surface area contributed by atoms with E-state index in [0.717, 1.165) is 12.3 Å². The van der Waals surface area contributed by atoms with Gasteiger partial charge >= 0.3 is 6.61 Å². The predicted octanol–water partition coefficient (Wildman–Crippen LogP) is 4.26. The summed E-state index contributed by atoms with van der Waals surface area (Å²) in [6.07, 6.45) is 6.70. The van der Waals surface area contributed by atoms with Crippen LogP contribution in [0, 0.1) is 11.7 Å². The summed E-state index contributed by atoms with van der Waals surface area (Å²) >= 11 is 5.59. The summed E-state index contributed by atoms with van der Waals surface area (Å²) in [6, 6.07) is 3.94. The van der Waals surface area contributed by atoms with E-state index in [1.165, 1.54) is 18.2 Å². The quantitative estimate of drug-likeness (QED) is 0.153. The SMILES string of the molecule is C=CC(CCCNC(=O)COc1ccc(Cl)c(F)c1)C(=C)NC/C=C(N)/C=C/OC(F)F. The maximum Gasteiger partial charge on any atom is 0.386 e. The molecule has 1 unspecified atom stereocenters. The van der Waals surface area contributed by atoms with Gasteiger partial charge in [0.05, 0.1) is 11.3 Å². The predicted molar refractivity (Wildman–Crippen MR) is 118 cm³/mol. The molecule has 0 aliphatic carbocycles. The van der Waals surface area contributed by atoms with Crippen molar-refractivity contribution in [3.8, 4) is 5.75 Å². The summed E-state index contributed by atoms with van der Waals surface area (Å²) in [5.41, 5.74) is 6.60. The van der Waals surface area contributed by atoms with Crippen molar-refractivity contribution in [3.05, 3.63) is 78.1 Å². The zero-order chi connectivity index (χ0) is 23.9. The lowest BCUT2D eigenvalue weighted by molar-refractivity contribution is -0.123. The summed E-state index contributed by atoms with van der Waals surface area (Å²) < 4.78 is 46.3. The van der Waals surface area contributed by atoms with Crippen LogP contribution < -0.4 is 21.1 Å². The van der Waals surface area contributed by atoms with E-state index in [9.17, 15) is 18.0 Å². The van der Waals surface area contributed by atoms with Crippen LogP contribution in [0.2, 0.25) is 5.02 Å². The molecular formula is C22H27ClF3N3O3. The van der Waals surface area contributed by atoms with Crippen LogP contribution in [0.5, 0.6) is 5.75 Å². The molecule has 32 heavy (non-hydrogen) atoms. The smallest absolute Gasteiger partial charge is 0.386 e. The van der Waals surface area contributed by atoms with Crippen molar-refractivity contribution in [1.29, 1.82) is 0 Å². The first-order chi connectivity index (χ1) is 15.2. The van der Waals surface area contributed by atoms with Crippen LogP contribution in [0.3, 0.4) is 0 Å². The van der Waals surface area contributed by atoms with Crippen LogP contribution in [0.15, 0.2) is 67.2 Å². The second-order valence-electron chi connectivity index (χ2n) is 6.51. The number of hydrogen-bond acceptors (Lipinski definition) is 5. The molecule has 1 atom stereocenters. The van der Waals surface area contributed by atoms with Crippen LogP contribution in [-0.2, 0) is 9.53 Å². The molecule has 0 spiro atoms. The molecule has 0 heterocycles. The van der Waals surface area contributed by atoms with Crippen molar-refractivity contribution >= 4 is 17.5 Å². The van der Waals surface area contributed by atoms with Gasteiger partial charge in [0.25, 0.3) is 5.91 Å². The monoisotopic (exact) mass is 473 g/mol. The third-order valence-electron chi connectivity index (χ3n) is 4.12. The zero-order valence-electron chi connectivity index (χ0n) is 17.5. The van der Waals surface area contributed by atoms with E-state index in [0.29, 0.717) is 31.6 Å². The molecule has 1 amide bonds. The Hall–Kier alpha value is -3.07. The number of nitrogens with one attached hydrogen (secondary N) is 2. The molecule has 10 heteroatoms. The number of carbonyl (C=O) groups excluding carboxylic acids is 1. The summed E-state index contributed by atoms with van der Waals surface area (Å²) in [5.74, 6) is -0.795. The Balaban J connectivity index is 2.27. The zero-order valence-corrected chi connectivity index (χ0v) is 18.2. The molecule has 0 fully saturated rings. The summed E-state index contributed by atoms with van der Waals surface area (Å²) in [5, 5.41) is 5.76. The van der Waals surface area contributed by atoms with Gasteiger partial charge in [-0.2, -0.15) is 8.78 Å². The van der Waals surface area contributed by atoms with Gasteiger partial charge in [-0.15, -0.1) is 6.58 Å². The first kappa shape index (κ1) is 27.0. The minimum absolute atomic E-state index is 0.0227. The van der Waals surface area contributed by atoms with Gasteiger partial charge in [0, 0.05) is 36.5 Å². The number of carbonyl (C=O) groups is 1. The van der Waals surface area contributed by atoms with E-state index in [1.807, 2.05) is 0 Å². The maximum atomic E-state index is 13.3. The Morgan fingerprint density at radius 2 is 2.06 bits per heavy atom. The Morgan fingerprint density at radius 1 is 1.31 bits per heavy atom. The van der Waals surface area contributed by atoms with Gasteiger partial charge < -0.3 is 25.8 Å². The summed E-state index contributed by atoms with van der Waals surface area (Å²) in [6.45, 7) is 5.36. The highest BCUT2D eigenvalue weighted by molar-refractivity contribution is 6.30. The first-order valence-corrected chi connectivity index (χ1v) is 10.1. The summed E-state index contributed by atoms with van der Waals surface area (Å²) in [7, 11) is 0. The second-order valence-corrected chi connectivity index (χ2v) is 6.92. The van der Waals surface area contributed by atoms with Crippen molar-refractivity contribution in [1.82, 2.24) is 10.6 Å². The van der Waals surface area contributed by atoms with Gasteiger partial charge in [0.15, 0.2) is 6.61 Å². The molecule has 176 valence electrons. The Bertz CT molecular complexity index is 832. The average molecular weight is 474 g/mol. The van der Waals surface area contributed by atoms with Crippen LogP contribution in [-0.4, -0.2) is 32.2 Å². The van der Waals surface area contributed by atoms with Gasteiger partial charge in [-0.3, -0.25) is 4.79 Å². The Kier molecular flexibility index (Phi) is 12.5. The lowest BCUT2D eigenvalue weighted by Gasteiger charge is -2.17. The highest BCUT2D eigenvalue weighted by atomic mass is 35.5. The van der Waals surface area contributed by atoms with E-state index in [-0.39, 0.29) is 34.9 Å². The van der Waals surface area contributed by atoms with Gasteiger partial charge in [0.1, 0.15) is 11.6 Å². The van der Waals surface area contributed by atoms with E-state index in [1.54, 1.807) is 12.2 Å². The van der Waals surface area contributed by atoms with Gasteiger partial charge in [-0.05, 0) is 37.1 Å². The number of rotatable bonds is 15. The molecule has 1 aromatic carbocycles. The van der Waals surface area contributed by atoms with Crippen molar-refractivity contribution in [3.63, 3.8) is 0 Å². The molecule has 6 nitrogen and oxygen atoms in total. The van der Waals surface area contributed by atoms with Crippen molar-refractivity contribution < 1.29 is 27.4 Å². The fourth-order valence-electron chi connectivity index (χ4n) is 2.43. The molecule has 0 aromatic heterocycles. The van der Waals surface area contributed by atoms with Crippen LogP contribution >= 0.6 is 11.6 Å². The lowest BCUT2D eigenvalue weighted by Crippen LogP contribution is -2.30. The van der Waals surface area contributed by atoms with Gasteiger partial charge in [0.2, 0.25) is 0 Å². The maximum absolute atomic E-state index is 13.3. The molecule has 0 radical (unpaired) electrons. The highest BCUT2D eigenvalue weighted by Gasteiger charge is 2.09. The van der Waals surface area contributed by atoms with Gasteiger partial charge in [-0.25, -0.2) is 4.39 Å². The molecule has 0 bridgehead atoms. The average Bonchev–Trinajstić information content (AvgIpc) is 2.74. The van der Waals surface area contributed by atoms with Gasteiger partial charge in [-0.1, -0.05) is 24.3 Å². The van der Waals surface area contributed by atoms with E-state index in [2.05, 4.69) is 28.5 Å². The van der Waals surface area contributed by atoms with Crippen molar-refractivity contribution in [2.24, 2.45) is 11.7 Å². The number of benzene rings is 1. The fourth-order valence-corrected chi connectivity index (χ4v) is 2.54. The molecular weight excluding hydrogens is 447 g/mol. The second kappa shape index (κ2) is 14.9. The van der Waals surface area contributed by atoms with E-state index in [4.69, 9.17) is 22.1 Å². The molecule has 0 aliphatic rings. The first-order valence-electron chi connectivity index (χ1n) is 9.68. The third-order valence-corrected chi connectivity index (χ3v) is 4.42. The Labute approximate surface area is 190 Å². The molecule has 4 N–H and O–H groups in total. The largest absolute Gasteiger partial charge is 0.484 e. The lowest BCUT2D eigenvalue weighted by atomic mass is 10.00. The molecule has 0 saturated heterocycles. The topological polar surface area (TPSA) is 85.6 Å². The normalized spacial score (nSPS) is 12.5. The molecule has 1 rings (SSSR count). The van der Waals surface area contributed by atoms with Crippen molar-refractivity contribution in [2.75, 3.05) is 19.7 Å². The van der Waals surface area contributed by atoms with Crippen LogP contribution in [0.25, 0.3) is 0 Å². The third kappa shape index (κ3) is 11.4. The number of allylic oxidation sites excluding steroid dienone is 2. The molecule has 0 aliphatic heterocycles. The number of nitrogens with two attached hydrogens (primary N) is 1. The number of alkyl halides is 2. The summed E-state index contributed by atoms with van der Waals surface area (Å²) in [4.78, 5) is 11.9. The highest BCUT2D eigenvalue weighted by Crippen LogP contribution is 2.20.